The van der Waals surface area contributed by atoms with E-state index in [1.165, 1.54) is 7.11 Å². The fourth-order valence-electron chi connectivity index (χ4n) is 3.28. The van der Waals surface area contributed by atoms with Gasteiger partial charge in [0.2, 0.25) is 0 Å². The number of fused-ring (bicyclic) bond motifs is 1. The average Bonchev–Trinajstić information content (AvgIpc) is 3.01. The van der Waals surface area contributed by atoms with Crippen LogP contribution in [0.3, 0.4) is 0 Å². The van der Waals surface area contributed by atoms with Gasteiger partial charge in [0.05, 0.1) is 13.2 Å². The van der Waals surface area contributed by atoms with Crippen LogP contribution in [0.2, 0.25) is 0 Å². The molecule has 2 aliphatic rings. The molecule has 3 rings (SSSR count). The number of rotatable bonds is 2. The molecule has 0 bridgehead atoms. The molecular weight excluding hydrogens is 244 g/mol. The summed E-state index contributed by atoms with van der Waals surface area (Å²) in [5.74, 6) is 0.528. The van der Waals surface area contributed by atoms with E-state index in [-0.39, 0.29) is 6.10 Å². The number of hydrogen-bond acceptors (Lipinski definition) is 5. The fraction of sp³-hybridized carbons (Fsp3) is 0.571. The Kier molecular flexibility index (Phi) is 3.14. The summed E-state index contributed by atoms with van der Waals surface area (Å²) < 4.78 is 4.69. The first-order valence-corrected chi connectivity index (χ1v) is 6.66. The molecule has 1 aliphatic heterocycles. The Labute approximate surface area is 112 Å². The number of esters is 1. The highest BCUT2D eigenvalue weighted by Gasteiger charge is 2.41. The molecule has 0 amide bonds. The lowest BCUT2D eigenvalue weighted by molar-refractivity contribution is 0.0594. The Morgan fingerprint density at radius 3 is 3.05 bits per heavy atom. The highest BCUT2D eigenvalue weighted by atomic mass is 16.5. The van der Waals surface area contributed by atoms with Crippen molar-refractivity contribution in [1.29, 1.82) is 0 Å². The van der Waals surface area contributed by atoms with Crippen LogP contribution in [-0.2, 0) is 4.74 Å². The van der Waals surface area contributed by atoms with E-state index in [1.54, 1.807) is 12.3 Å². The van der Waals surface area contributed by atoms with Gasteiger partial charge >= 0.3 is 5.97 Å². The number of methoxy groups -OCH3 is 1. The second kappa shape index (κ2) is 4.81. The van der Waals surface area contributed by atoms with E-state index in [2.05, 4.69) is 14.6 Å². The molecule has 0 radical (unpaired) electrons. The zero-order valence-corrected chi connectivity index (χ0v) is 11.0. The van der Waals surface area contributed by atoms with Crippen molar-refractivity contribution < 1.29 is 14.6 Å². The third kappa shape index (κ3) is 2.18. The normalized spacial score (nSPS) is 29.4. The SMILES string of the molecule is COC(=O)c1cc(N2CC3CCC(O)C3C2)ccn1. The first-order valence-electron chi connectivity index (χ1n) is 6.66. The van der Waals surface area contributed by atoms with E-state index < -0.39 is 5.97 Å². The lowest BCUT2D eigenvalue weighted by Gasteiger charge is -2.20. The summed E-state index contributed by atoms with van der Waals surface area (Å²) in [4.78, 5) is 17.7. The minimum atomic E-state index is -0.415. The summed E-state index contributed by atoms with van der Waals surface area (Å²) >= 11 is 0. The molecule has 0 aromatic carbocycles. The molecule has 5 heteroatoms. The number of anilines is 1. The Morgan fingerprint density at radius 1 is 1.47 bits per heavy atom. The summed E-state index contributed by atoms with van der Waals surface area (Å²) in [5, 5.41) is 9.93. The maximum absolute atomic E-state index is 11.5. The van der Waals surface area contributed by atoms with Gasteiger partial charge in [0.1, 0.15) is 5.69 Å². The number of aromatic nitrogens is 1. The van der Waals surface area contributed by atoms with Crippen molar-refractivity contribution in [3.63, 3.8) is 0 Å². The predicted molar refractivity (Wildman–Crippen MR) is 70.0 cm³/mol. The minimum Gasteiger partial charge on any atom is -0.464 e. The van der Waals surface area contributed by atoms with Crippen molar-refractivity contribution in [1.82, 2.24) is 4.98 Å². The van der Waals surface area contributed by atoms with Gasteiger partial charge in [-0.25, -0.2) is 9.78 Å². The van der Waals surface area contributed by atoms with Gasteiger partial charge in [0.25, 0.3) is 0 Å². The maximum atomic E-state index is 11.5. The van der Waals surface area contributed by atoms with Crippen molar-refractivity contribution in [2.45, 2.75) is 18.9 Å². The summed E-state index contributed by atoms with van der Waals surface area (Å²) in [6.07, 6.45) is 3.48. The monoisotopic (exact) mass is 262 g/mol. The van der Waals surface area contributed by atoms with Gasteiger partial charge in [-0.3, -0.25) is 0 Å². The largest absolute Gasteiger partial charge is 0.464 e. The number of pyridine rings is 1. The van der Waals surface area contributed by atoms with E-state index in [9.17, 15) is 9.90 Å². The fourth-order valence-corrected chi connectivity index (χ4v) is 3.28. The first kappa shape index (κ1) is 12.4. The second-order valence-electron chi connectivity index (χ2n) is 5.36. The third-order valence-electron chi connectivity index (χ3n) is 4.32. The number of nitrogens with zero attached hydrogens (tertiary/aromatic N) is 2. The molecule has 102 valence electrons. The summed E-state index contributed by atoms with van der Waals surface area (Å²) in [6, 6.07) is 3.67. The Hall–Kier alpha value is -1.62. The molecule has 3 unspecified atom stereocenters. The zero-order valence-electron chi connectivity index (χ0n) is 11.0. The van der Waals surface area contributed by atoms with Crippen LogP contribution in [0.4, 0.5) is 5.69 Å². The molecule has 1 saturated carbocycles. The molecular formula is C14H18N2O3. The van der Waals surface area contributed by atoms with Crippen molar-refractivity contribution in [2.75, 3.05) is 25.1 Å². The topological polar surface area (TPSA) is 62.7 Å². The van der Waals surface area contributed by atoms with E-state index in [4.69, 9.17) is 0 Å². The van der Waals surface area contributed by atoms with Crippen LogP contribution in [0, 0.1) is 11.8 Å². The van der Waals surface area contributed by atoms with Crippen molar-refractivity contribution in [2.24, 2.45) is 11.8 Å². The maximum Gasteiger partial charge on any atom is 0.356 e. The van der Waals surface area contributed by atoms with Crippen LogP contribution in [0.15, 0.2) is 18.3 Å². The molecule has 1 N–H and O–H groups in total. The minimum absolute atomic E-state index is 0.170. The molecule has 1 aliphatic carbocycles. The van der Waals surface area contributed by atoms with Gasteiger partial charge in [0.15, 0.2) is 0 Å². The van der Waals surface area contributed by atoms with Crippen LogP contribution >= 0.6 is 0 Å². The van der Waals surface area contributed by atoms with Crippen LogP contribution in [0.25, 0.3) is 0 Å². The molecule has 0 spiro atoms. The lowest BCUT2D eigenvalue weighted by Crippen LogP contribution is -2.24. The predicted octanol–water partition coefficient (Wildman–Crippen LogP) is 1.08. The van der Waals surface area contributed by atoms with Crippen LogP contribution in [0.1, 0.15) is 23.3 Å². The van der Waals surface area contributed by atoms with Gasteiger partial charge in [-0.2, -0.15) is 0 Å². The molecule has 1 aromatic heterocycles. The number of aliphatic hydroxyl groups is 1. The van der Waals surface area contributed by atoms with E-state index in [0.29, 0.717) is 17.5 Å². The molecule has 1 saturated heterocycles. The van der Waals surface area contributed by atoms with Gasteiger partial charge in [0, 0.05) is 30.9 Å². The smallest absolute Gasteiger partial charge is 0.356 e. The Bertz CT molecular complexity index is 491. The Morgan fingerprint density at radius 2 is 2.32 bits per heavy atom. The number of aliphatic hydroxyl groups excluding tert-OH is 1. The highest BCUT2D eigenvalue weighted by Crippen LogP contribution is 2.39. The van der Waals surface area contributed by atoms with E-state index in [1.807, 2.05) is 6.07 Å². The summed E-state index contributed by atoms with van der Waals surface area (Å²) in [6.45, 7) is 1.81. The highest BCUT2D eigenvalue weighted by molar-refractivity contribution is 5.88. The molecule has 2 fully saturated rings. The van der Waals surface area contributed by atoms with E-state index in [0.717, 1.165) is 31.6 Å². The number of carbonyl (C=O) groups excluding carboxylic acids is 1. The Balaban J connectivity index is 1.78. The van der Waals surface area contributed by atoms with Crippen LogP contribution in [0.5, 0.6) is 0 Å². The quantitative estimate of drug-likeness (QED) is 0.808. The standard InChI is InChI=1S/C14H18N2O3/c1-19-14(18)12-6-10(4-5-15-12)16-7-9-2-3-13(17)11(9)8-16/h4-6,9,11,13,17H,2-3,7-8H2,1H3. The van der Waals surface area contributed by atoms with Crippen LogP contribution < -0.4 is 4.90 Å². The molecule has 1 aromatic rings. The van der Waals surface area contributed by atoms with Gasteiger partial charge < -0.3 is 14.7 Å². The first-order chi connectivity index (χ1) is 9.19. The number of hydrogen-bond donors (Lipinski definition) is 1. The molecule has 3 atom stereocenters. The summed E-state index contributed by atoms with van der Waals surface area (Å²) in [5.41, 5.74) is 1.31. The lowest BCUT2D eigenvalue weighted by atomic mass is 10.00. The third-order valence-corrected chi connectivity index (χ3v) is 4.32. The van der Waals surface area contributed by atoms with Gasteiger partial charge in [-0.1, -0.05) is 0 Å². The number of ether oxygens (including phenoxy) is 1. The summed E-state index contributed by atoms with van der Waals surface area (Å²) in [7, 11) is 1.35. The molecule has 5 nitrogen and oxygen atoms in total. The molecule has 2 heterocycles. The van der Waals surface area contributed by atoms with Gasteiger partial charge in [-0.05, 0) is 30.9 Å². The van der Waals surface area contributed by atoms with Crippen molar-refractivity contribution >= 4 is 11.7 Å². The zero-order chi connectivity index (χ0) is 13.4. The second-order valence-corrected chi connectivity index (χ2v) is 5.36. The van der Waals surface area contributed by atoms with Gasteiger partial charge in [-0.15, -0.1) is 0 Å². The van der Waals surface area contributed by atoms with Crippen LogP contribution in [-0.4, -0.2) is 42.4 Å². The van der Waals surface area contributed by atoms with Crippen molar-refractivity contribution in [3.05, 3.63) is 24.0 Å². The number of carbonyl (C=O) groups is 1. The molecule has 19 heavy (non-hydrogen) atoms. The van der Waals surface area contributed by atoms with E-state index >= 15 is 0 Å². The van der Waals surface area contributed by atoms with Crippen molar-refractivity contribution in [3.8, 4) is 0 Å². The average molecular weight is 262 g/mol.